The maximum absolute atomic E-state index is 8.66. The van der Waals surface area contributed by atoms with Gasteiger partial charge in [0.2, 0.25) is 0 Å². The van der Waals surface area contributed by atoms with Crippen molar-refractivity contribution in [1.29, 1.82) is 5.26 Å². The molecular formula is C11H14N4. The van der Waals surface area contributed by atoms with Crippen LogP contribution in [0, 0.1) is 17.9 Å². The molecule has 0 fully saturated rings. The minimum atomic E-state index is -0.595. The van der Waals surface area contributed by atoms with Crippen LogP contribution in [-0.2, 0) is 12.0 Å². The van der Waals surface area contributed by atoms with Crippen molar-refractivity contribution in [3.8, 4) is 6.07 Å². The highest BCUT2D eigenvalue weighted by atomic mass is 15.3. The molecule has 0 bridgehead atoms. The molecule has 1 aromatic rings. The Morgan fingerprint density at radius 1 is 1.67 bits per heavy atom. The summed E-state index contributed by atoms with van der Waals surface area (Å²) in [5.41, 5.74) is 0.880. The maximum atomic E-state index is 8.66. The van der Waals surface area contributed by atoms with Crippen molar-refractivity contribution in [3.63, 3.8) is 0 Å². The Bertz CT molecular complexity index is 397. The minimum Gasteiger partial charge on any atom is -0.297 e. The van der Waals surface area contributed by atoms with Gasteiger partial charge in [0.25, 0.3) is 0 Å². The second kappa shape index (κ2) is 4.14. The fourth-order valence-electron chi connectivity index (χ4n) is 1.18. The Kier molecular flexibility index (Phi) is 3.11. The molecule has 1 rings (SSSR count). The quantitative estimate of drug-likeness (QED) is 0.688. The van der Waals surface area contributed by atoms with Crippen LogP contribution in [0.5, 0.6) is 0 Å². The van der Waals surface area contributed by atoms with Crippen molar-refractivity contribution in [2.45, 2.75) is 38.8 Å². The van der Waals surface area contributed by atoms with Gasteiger partial charge < -0.3 is 0 Å². The topological polar surface area (TPSA) is 46.0 Å². The Hall–Kier alpha value is -1.81. The highest BCUT2D eigenvalue weighted by Crippen LogP contribution is 2.14. The highest BCUT2D eigenvalue weighted by molar-refractivity contribution is 5.13. The SMILES string of the molecule is [C-]#[N+]C(C#N)Cc1cnn(C(C)(C)C)c1. The summed E-state index contributed by atoms with van der Waals surface area (Å²) in [5.74, 6) is 0. The van der Waals surface area contributed by atoms with Crippen LogP contribution in [0.1, 0.15) is 26.3 Å². The van der Waals surface area contributed by atoms with Gasteiger partial charge >= 0.3 is 6.04 Å². The molecule has 0 aliphatic carbocycles. The van der Waals surface area contributed by atoms with E-state index in [-0.39, 0.29) is 5.54 Å². The van der Waals surface area contributed by atoms with Crippen molar-refractivity contribution in [3.05, 3.63) is 29.4 Å². The fraction of sp³-hybridized carbons (Fsp3) is 0.545. The zero-order valence-electron chi connectivity index (χ0n) is 9.23. The molecule has 0 amide bonds. The molecule has 1 unspecified atom stereocenters. The Morgan fingerprint density at radius 3 is 2.73 bits per heavy atom. The number of hydrogen-bond acceptors (Lipinski definition) is 2. The molecule has 0 spiro atoms. The molecule has 1 aromatic heterocycles. The predicted molar refractivity (Wildman–Crippen MR) is 56.9 cm³/mol. The van der Waals surface area contributed by atoms with Crippen LogP contribution in [0.4, 0.5) is 0 Å². The molecule has 0 saturated carbocycles. The summed E-state index contributed by atoms with van der Waals surface area (Å²) in [4.78, 5) is 3.23. The van der Waals surface area contributed by atoms with E-state index in [1.54, 1.807) is 6.20 Å². The molecule has 0 radical (unpaired) electrons. The minimum absolute atomic E-state index is 0.0570. The van der Waals surface area contributed by atoms with Gasteiger partial charge in [0.1, 0.15) is 0 Å². The van der Waals surface area contributed by atoms with Gasteiger partial charge in [0, 0.05) is 6.20 Å². The summed E-state index contributed by atoms with van der Waals surface area (Å²) in [5, 5.41) is 12.9. The van der Waals surface area contributed by atoms with Gasteiger partial charge in [-0.3, -0.25) is 9.53 Å². The summed E-state index contributed by atoms with van der Waals surface area (Å²) in [7, 11) is 0. The van der Waals surface area contributed by atoms with Gasteiger partial charge in [-0.15, -0.1) is 0 Å². The maximum Gasteiger partial charge on any atom is 0.311 e. The van der Waals surface area contributed by atoms with Crippen molar-refractivity contribution in [2.75, 3.05) is 0 Å². The van der Waals surface area contributed by atoms with E-state index in [1.807, 2.05) is 16.9 Å². The number of aromatic nitrogens is 2. The zero-order valence-corrected chi connectivity index (χ0v) is 9.23. The molecule has 15 heavy (non-hydrogen) atoms. The van der Waals surface area contributed by atoms with Crippen molar-refractivity contribution in [1.82, 2.24) is 9.78 Å². The number of nitriles is 1. The summed E-state index contributed by atoms with van der Waals surface area (Å²) in [6.45, 7) is 13.0. The first-order valence-corrected chi connectivity index (χ1v) is 4.77. The van der Waals surface area contributed by atoms with Crippen LogP contribution in [0.15, 0.2) is 12.4 Å². The van der Waals surface area contributed by atoms with Gasteiger partial charge in [-0.1, -0.05) is 0 Å². The lowest BCUT2D eigenvalue weighted by Gasteiger charge is -2.18. The van der Waals surface area contributed by atoms with Gasteiger partial charge in [0.15, 0.2) is 6.07 Å². The van der Waals surface area contributed by atoms with Crippen LogP contribution in [0.3, 0.4) is 0 Å². The van der Waals surface area contributed by atoms with Crippen LogP contribution >= 0.6 is 0 Å². The van der Waals surface area contributed by atoms with Crippen LogP contribution in [0.25, 0.3) is 4.85 Å². The first-order valence-electron chi connectivity index (χ1n) is 4.77. The van der Waals surface area contributed by atoms with E-state index < -0.39 is 6.04 Å². The third-order valence-electron chi connectivity index (χ3n) is 2.06. The summed E-state index contributed by atoms with van der Waals surface area (Å²) in [6.07, 6.45) is 4.08. The first-order chi connectivity index (χ1) is 6.97. The Morgan fingerprint density at radius 2 is 2.33 bits per heavy atom. The van der Waals surface area contributed by atoms with E-state index in [9.17, 15) is 0 Å². The van der Waals surface area contributed by atoms with Gasteiger partial charge in [-0.2, -0.15) is 10.4 Å². The standard InChI is InChI=1S/C11H14N4/c1-11(2,3)15-8-9(7-14-15)5-10(6-12)13-4/h7-8,10H,5H2,1-3H3. The Labute approximate surface area is 90.0 Å². The number of nitrogens with zero attached hydrogens (tertiary/aromatic N) is 4. The van der Waals surface area contributed by atoms with E-state index in [1.165, 1.54) is 0 Å². The molecule has 0 N–H and O–H groups in total. The molecule has 1 heterocycles. The molecule has 0 aliphatic heterocycles. The summed E-state index contributed by atoms with van der Waals surface area (Å²) >= 11 is 0. The molecule has 4 nitrogen and oxygen atoms in total. The van der Waals surface area contributed by atoms with Crippen molar-refractivity contribution in [2.24, 2.45) is 0 Å². The van der Waals surface area contributed by atoms with E-state index in [0.29, 0.717) is 6.42 Å². The molecule has 0 aliphatic rings. The second-order valence-corrected chi connectivity index (χ2v) is 4.44. The smallest absolute Gasteiger partial charge is 0.297 e. The van der Waals surface area contributed by atoms with Gasteiger partial charge in [-0.05, 0) is 26.3 Å². The lowest BCUT2D eigenvalue weighted by molar-refractivity contribution is 0.355. The second-order valence-electron chi connectivity index (χ2n) is 4.44. The molecular weight excluding hydrogens is 188 g/mol. The van der Waals surface area contributed by atoms with Crippen molar-refractivity contribution < 1.29 is 0 Å². The molecule has 0 saturated heterocycles. The average Bonchev–Trinajstić information content (AvgIpc) is 2.61. The molecule has 4 heteroatoms. The zero-order chi connectivity index (χ0) is 11.5. The first kappa shape index (κ1) is 11.3. The van der Waals surface area contributed by atoms with Crippen LogP contribution < -0.4 is 0 Å². The van der Waals surface area contributed by atoms with E-state index in [0.717, 1.165) is 5.56 Å². The molecule has 1 atom stereocenters. The third kappa shape index (κ3) is 2.82. The summed E-state index contributed by atoms with van der Waals surface area (Å²) < 4.78 is 1.85. The van der Waals surface area contributed by atoms with Crippen molar-refractivity contribution >= 4 is 0 Å². The lowest BCUT2D eigenvalue weighted by Crippen LogP contribution is -2.22. The van der Waals surface area contributed by atoms with E-state index in [4.69, 9.17) is 11.8 Å². The van der Waals surface area contributed by atoms with Gasteiger partial charge in [-0.25, -0.2) is 6.57 Å². The van der Waals surface area contributed by atoms with E-state index in [2.05, 4.69) is 30.7 Å². The fourth-order valence-corrected chi connectivity index (χ4v) is 1.18. The number of hydrogen-bond donors (Lipinski definition) is 0. The molecule has 0 aromatic carbocycles. The van der Waals surface area contributed by atoms with Crippen LogP contribution in [-0.4, -0.2) is 15.8 Å². The highest BCUT2D eigenvalue weighted by Gasteiger charge is 2.17. The van der Waals surface area contributed by atoms with Gasteiger partial charge in [0.05, 0.1) is 18.2 Å². The largest absolute Gasteiger partial charge is 0.311 e. The third-order valence-corrected chi connectivity index (χ3v) is 2.06. The Balaban J connectivity index is 2.79. The molecule has 78 valence electrons. The van der Waals surface area contributed by atoms with Crippen LogP contribution in [0.2, 0.25) is 0 Å². The lowest BCUT2D eigenvalue weighted by atomic mass is 10.1. The summed E-state index contributed by atoms with van der Waals surface area (Å²) in [6, 6.07) is 1.36. The average molecular weight is 202 g/mol. The van der Waals surface area contributed by atoms with E-state index >= 15 is 0 Å². The predicted octanol–water partition coefficient (Wildman–Crippen LogP) is 1.99. The normalized spacial score (nSPS) is 12.9. The number of rotatable bonds is 2. The monoisotopic (exact) mass is 202 g/mol.